The number of carboxylic acids is 1. The van der Waals surface area contributed by atoms with Crippen molar-refractivity contribution in [3.63, 3.8) is 0 Å². The molecule has 0 aliphatic heterocycles. The van der Waals surface area contributed by atoms with Gasteiger partial charge in [-0.2, -0.15) is 0 Å². The molecule has 0 amide bonds. The van der Waals surface area contributed by atoms with E-state index in [-0.39, 0.29) is 23.0 Å². The molecular weight excluding hydrogens is 271 g/mol. The summed E-state index contributed by atoms with van der Waals surface area (Å²) in [6, 6.07) is 10.3. The summed E-state index contributed by atoms with van der Waals surface area (Å²) >= 11 is 5.74. The van der Waals surface area contributed by atoms with E-state index in [1.165, 1.54) is 24.3 Å². The molecule has 2 aromatic rings. The molecule has 0 bridgehead atoms. The van der Waals surface area contributed by atoms with Gasteiger partial charge in [-0.1, -0.05) is 23.7 Å². The van der Waals surface area contributed by atoms with Crippen LogP contribution in [-0.2, 0) is 6.61 Å². The molecule has 5 heteroatoms. The topological polar surface area (TPSA) is 46.5 Å². The molecule has 0 unspecified atom stereocenters. The van der Waals surface area contributed by atoms with Crippen LogP contribution in [0.3, 0.4) is 0 Å². The molecule has 0 radical (unpaired) electrons. The molecule has 0 aliphatic rings. The predicted octanol–water partition coefficient (Wildman–Crippen LogP) is 3.76. The lowest BCUT2D eigenvalue weighted by Gasteiger charge is -2.08. The summed E-state index contributed by atoms with van der Waals surface area (Å²) < 4.78 is 18.4. The zero-order valence-corrected chi connectivity index (χ0v) is 10.5. The van der Waals surface area contributed by atoms with Crippen molar-refractivity contribution >= 4 is 17.6 Å². The Bertz CT molecular complexity index is 613. The molecule has 3 nitrogen and oxygen atoms in total. The van der Waals surface area contributed by atoms with E-state index in [4.69, 9.17) is 21.4 Å². The van der Waals surface area contributed by atoms with Crippen LogP contribution in [0.25, 0.3) is 0 Å². The van der Waals surface area contributed by atoms with Crippen LogP contribution >= 0.6 is 11.6 Å². The summed E-state index contributed by atoms with van der Waals surface area (Å²) in [6.07, 6.45) is 0. The Morgan fingerprint density at radius 2 is 2.05 bits per heavy atom. The normalized spacial score (nSPS) is 10.2. The fourth-order valence-corrected chi connectivity index (χ4v) is 1.75. The minimum Gasteiger partial charge on any atom is -0.489 e. The monoisotopic (exact) mass is 280 g/mol. The van der Waals surface area contributed by atoms with E-state index in [9.17, 15) is 9.18 Å². The molecule has 0 saturated carbocycles. The summed E-state index contributed by atoms with van der Waals surface area (Å²) in [4.78, 5) is 10.9. The average molecular weight is 281 g/mol. The molecule has 2 aromatic carbocycles. The van der Waals surface area contributed by atoms with Gasteiger partial charge in [0, 0.05) is 0 Å². The van der Waals surface area contributed by atoms with E-state index >= 15 is 0 Å². The van der Waals surface area contributed by atoms with Crippen LogP contribution in [0.1, 0.15) is 15.9 Å². The first-order chi connectivity index (χ1) is 9.06. The van der Waals surface area contributed by atoms with Crippen molar-refractivity contribution in [1.82, 2.24) is 0 Å². The predicted molar refractivity (Wildman–Crippen MR) is 69.1 cm³/mol. The van der Waals surface area contributed by atoms with Crippen molar-refractivity contribution in [2.45, 2.75) is 6.61 Å². The molecule has 98 valence electrons. The Morgan fingerprint density at radius 3 is 2.74 bits per heavy atom. The first-order valence-corrected chi connectivity index (χ1v) is 5.84. The van der Waals surface area contributed by atoms with Crippen molar-refractivity contribution in [1.29, 1.82) is 0 Å². The van der Waals surface area contributed by atoms with Crippen molar-refractivity contribution in [2.75, 3.05) is 0 Å². The summed E-state index contributed by atoms with van der Waals surface area (Å²) in [5.41, 5.74) is 0.630. The van der Waals surface area contributed by atoms with E-state index in [2.05, 4.69) is 0 Å². The van der Waals surface area contributed by atoms with Crippen molar-refractivity contribution in [3.8, 4) is 5.75 Å². The highest BCUT2D eigenvalue weighted by Gasteiger charge is 2.10. The number of ether oxygens (including phenoxy) is 1. The number of carbonyl (C=O) groups is 1. The molecule has 0 heterocycles. The Balaban J connectivity index is 2.12. The van der Waals surface area contributed by atoms with Crippen molar-refractivity contribution in [2.24, 2.45) is 0 Å². The van der Waals surface area contributed by atoms with Gasteiger partial charge in [0.05, 0.1) is 10.6 Å². The third kappa shape index (κ3) is 3.45. The van der Waals surface area contributed by atoms with Gasteiger partial charge < -0.3 is 9.84 Å². The number of benzene rings is 2. The van der Waals surface area contributed by atoms with Crippen LogP contribution in [0.2, 0.25) is 5.02 Å². The highest BCUT2D eigenvalue weighted by atomic mass is 35.5. The van der Waals surface area contributed by atoms with Gasteiger partial charge in [0.2, 0.25) is 0 Å². The molecule has 0 fully saturated rings. The second-order valence-corrected chi connectivity index (χ2v) is 4.27. The van der Waals surface area contributed by atoms with E-state index in [0.29, 0.717) is 11.3 Å². The SMILES string of the molecule is O=C(O)c1cc(OCc2cccc(F)c2)ccc1Cl. The third-order valence-electron chi connectivity index (χ3n) is 2.46. The first kappa shape index (κ1) is 13.4. The van der Waals surface area contributed by atoms with Gasteiger partial charge in [-0.3, -0.25) is 0 Å². The number of rotatable bonds is 4. The van der Waals surface area contributed by atoms with Crippen molar-refractivity contribution in [3.05, 3.63) is 64.4 Å². The lowest BCUT2D eigenvalue weighted by atomic mass is 10.2. The second kappa shape index (κ2) is 5.71. The molecule has 0 saturated heterocycles. The van der Waals surface area contributed by atoms with Gasteiger partial charge in [-0.15, -0.1) is 0 Å². The Hall–Kier alpha value is -2.07. The molecule has 0 aliphatic carbocycles. The lowest BCUT2D eigenvalue weighted by Crippen LogP contribution is -2.00. The molecule has 0 aromatic heterocycles. The minimum absolute atomic E-state index is 0.0293. The quantitative estimate of drug-likeness (QED) is 0.927. The van der Waals surface area contributed by atoms with Gasteiger partial charge in [-0.05, 0) is 35.9 Å². The standard InChI is InChI=1S/C14H10ClFO3/c15-13-5-4-11(7-12(13)14(17)18)19-8-9-2-1-3-10(16)6-9/h1-7H,8H2,(H,17,18). The maximum Gasteiger partial charge on any atom is 0.337 e. The van der Waals surface area contributed by atoms with E-state index in [1.54, 1.807) is 18.2 Å². The highest BCUT2D eigenvalue weighted by Crippen LogP contribution is 2.22. The van der Waals surface area contributed by atoms with Gasteiger partial charge in [-0.25, -0.2) is 9.18 Å². The summed E-state index contributed by atoms with van der Waals surface area (Å²) in [5, 5.41) is 9.07. The Kier molecular flexibility index (Phi) is 4.02. The van der Waals surface area contributed by atoms with E-state index in [0.717, 1.165) is 0 Å². The van der Waals surface area contributed by atoms with E-state index < -0.39 is 5.97 Å². The zero-order valence-electron chi connectivity index (χ0n) is 9.77. The van der Waals surface area contributed by atoms with Crippen LogP contribution < -0.4 is 4.74 Å². The van der Waals surface area contributed by atoms with Crippen LogP contribution in [0, 0.1) is 5.82 Å². The molecule has 1 N–H and O–H groups in total. The highest BCUT2D eigenvalue weighted by molar-refractivity contribution is 6.33. The molecule has 19 heavy (non-hydrogen) atoms. The van der Waals surface area contributed by atoms with Crippen LogP contribution in [0.4, 0.5) is 4.39 Å². The number of hydrogen-bond acceptors (Lipinski definition) is 2. The average Bonchev–Trinajstić information content (AvgIpc) is 2.37. The third-order valence-corrected chi connectivity index (χ3v) is 2.79. The van der Waals surface area contributed by atoms with Crippen LogP contribution in [-0.4, -0.2) is 11.1 Å². The Labute approximate surface area is 114 Å². The number of halogens is 2. The summed E-state index contributed by atoms with van der Waals surface area (Å²) in [7, 11) is 0. The van der Waals surface area contributed by atoms with Gasteiger partial charge in [0.1, 0.15) is 18.2 Å². The first-order valence-electron chi connectivity index (χ1n) is 5.46. The van der Waals surface area contributed by atoms with E-state index in [1.807, 2.05) is 0 Å². The largest absolute Gasteiger partial charge is 0.489 e. The zero-order chi connectivity index (χ0) is 13.8. The van der Waals surface area contributed by atoms with Gasteiger partial charge in [0.25, 0.3) is 0 Å². The number of hydrogen-bond donors (Lipinski definition) is 1. The van der Waals surface area contributed by atoms with Gasteiger partial charge >= 0.3 is 5.97 Å². The number of aromatic carboxylic acids is 1. The molecule has 0 spiro atoms. The van der Waals surface area contributed by atoms with Crippen LogP contribution in [0.15, 0.2) is 42.5 Å². The van der Waals surface area contributed by atoms with Gasteiger partial charge in [0.15, 0.2) is 0 Å². The fourth-order valence-electron chi connectivity index (χ4n) is 1.55. The molecule has 0 atom stereocenters. The number of carboxylic acid groups (broad SMARTS) is 1. The molecule has 2 rings (SSSR count). The fraction of sp³-hybridized carbons (Fsp3) is 0.0714. The summed E-state index contributed by atoms with van der Waals surface area (Å²) in [5.74, 6) is -1.10. The lowest BCUT2D eigenvalue weighted by molar-refractivity contribution is 0.0696. The minimum atomic E-state index is -1.12. The summed E-state index contributed by atoms with van der Waals surface area (Å²) in [6.45, 7) is 0.151. The van der Waals surface area contributed by atoms with Crippen LogP contribution in [0.5, 0.6) is 5.75 Å². The molecular formula is C14H10ClFO3. The maximum absolute atomic E-state index is 13.0. The Morgan fingerprint density at radius 1 is 1.26 bits per heavy atom. The van der Waals surface area contributed by atoms with Crippen molar-refractivity contribution < 1.29 is 19.0 Å². The second-order valence-electron chi connectivity index (χ2n) is 3.87. The smallest absolute Gasteiger partial charge is 0.337 e. The maximum atomic E-state index is 13.0.